The fourth-order valence-corrected chi connectivity index (χ4v) is 2.80. The molecule has 3 rings (SSSR count). The van der Waals surface area contributed by atoms with Gasteiger partial charge in [0, 0.05) is 29.9 Å². The lowest BCUT2D eigenvalue weighted by Gasteiger charge is -2.27. The van der Waals surface area contributed by atoms with Crippen molar-refractivity contribution in [2.75, 3.05) is 11.4 Å². The molecule has 0 aliphatic rings. The third-order valence-electron chi connectivity index (χ3n) is 4.22. The molecule has 0 bridgehead atoms. The quantitative estimate of drug-likeness (QED) is 0.732. The van der Waals surface area contributed by atoms with Gasteiger partial charge >= 0.3 is 0 Å². The predicted molar refractivity (Wildman–Crippen MR) is 98.4 cm³/mol. The molecule has 2 aromatic carbocycles. The molecule has 0 aliphatic carbocycles. The molecule has 1 atom stereocenters. The van der Waals surface area contributed by atoms with E-state index in [1.807, 2.05) is 72.5 Å². The number of hydrogen-bond acceptors (Lipinski definition) is 3. The molecule has 3 aromatic rings. The fraction of sp³-hybridized carbons (Fsp3) is 0.250. The molecule has 24 heavy (non-hydrogen) atoms. The standard InChI is InChI=1S/C20H22N2O2/c1-2-18(23)14-22(17-9-4-3-5-10-17)13-16-12-15-8-6-7-11-19(15)21-20(16)24/h3-12,18,23H,2,13-14H2,1H3,(H,21,24). The van der Waals surface area contributed by atoms with E-state index in [1.165, 1.54) is 0 Å². The van der Waals surface area contributed by atoms with Gasteiger partial charge in [0.2, 0.25) is 0 Å². The molecular weight excluding hydrogens is 300 g/mol. The Balaban J connectivity index is 1.95. The van der Waals surface area contributed by atoms with Crippen LogP contribution in [0.3, 0.4) is 0 Å². The zero-order valence-corrected chi connectivity index (χ0v) is 13.8. The van der Waals surface area contributed by atoms with Crippen molar-refractivity contribution in [1.82, 2.24) is 4.98 Å². The van der Waals surface area contributed by atoms with Gasteiger partial charge < -0.3 is 15.0 Å². The van der Waals surface area contributed by atoms with Crippen LogP contribution < -0.4 is 10.5 Å². The molecule has 4 heteroatoms. The highest BCUT2D eigenvalue weighted by Gasteiger charge is 2.14. The molecule has 1 aromatic heterocycles. The van der Waals surface area contributed by atoms with E-state index in [9.17, 15) is 9.90 Å². The number of rotatable bonds is 6. The second-order valence-electron chi connectivity index (χ2n) is 5.99. The highest BCUT2D eigenvalue weighted by atomic mass is 16.3. The molecular formula is C20H22N2O2. The topological polar surface area (TPSA) is 56.3 Å². The highest BCUT2D eigenvalue weighted by molar-refractivity contribution is 5.78. The normalized spacial score (nSPS) is 12.2. The average molecular weight is 322 g/mol. The van der Waals surface area contributed by atoms with Crippen LogP contribution in [0.15, 0.2) is 65.5 Å². The minimum Gasteiger partial charge on any atom is -0.391 e. The van der Waals surface area contributed by atoms with Gasteiger partial charge in [-0.05, 0) is 36.1 Å². The van der Waals surface area contributed by atoms with E-state index in [-0.39, 0.29) is 5.56 Å². The lowest BCUT2D eigenvalue weighted by atomic mass is 10.1. The first-order valence-corrected chi connectivity index (χ1v) is 8.26. The Morgan fingerprint density at radius 2 is 1.79 bits per heavy atom. The van der Waals surface area contributed by atoms with Gasteiger partial charge in [0.1, 0.15) is 0 Å². The summed E-state index contributed by atoms with van der Waals surface area (Å²) in [5, 5.41) is 11.1. The Kier molecular flexibility index (Phi) is 4.96. The van der Waals surface area contributed by atoms with E-state index in [0.29, 0.717) is 25.1 Å². The molecule has 0 amide bonds. The van der Waals surface area contributed by atoms with Gasteiger partial charge in [0.15, 0.2) is 0 Å². The van der Waals surface area contributed by atoms with Crippen LogP contribution >= 0.6 is 0 Å². The molecule has 124 valence electrons. The number of aliphatic hydroxyl groups is 1. The number of benzene rings is 2. The summed E-state index contributed by atoms with van der Waals surface area (Å²) in [6.07, 6.45) is 0.252. The number of aromatic amines is 1. The lowest BCUT2D eigenvalue weighted by molar-refractivity contribution is 0.175. The maximum Gasteiger partial charge on any atom is 0.253 e. The number of aromatic nitrogens is 1. The number of pyridine rings is 1. The SMILES string of the molecule is CCC(O)CN(Cc1cc2ccccc2[nH]c1=O)c1ccccc1. The van der Waals surface area contributed by atoms with E-state index in [0.717, 1.165) is 16.6 Å². The molecule has 0 radical (unpaired) electrons. The number of fused-ring (bicyclic) bond motifs is 1. The van der Waals surface area contributed by atoms with Crippen molar-refractivity contribution in [2.24, 2.45) is 0 Å². The maximum atomic E-state index is 12.4. The monoisotopic (exact) mass is 322 g/mol. The number of nitrogens with one attached hydrogen (secondary N) is 1. The number of para-hydroxylation sites is 2. The van der Waals surface area contributed by atoms with Crippen molar-refractivity contribution in [3.05, 3.63) is 76.6 Å². The van der Waals surface area contributed by atoms with Gasteiger partial charge in [-0.25, -0.2) is 0 Å². The van der Waals surface area contributed by atoms with E-state index < -0.39 is 6.10 Å². The number of nitrogens with zero attached hydrogens (tertiary/aromatic N) is 1. The van der Waals surface area contributed by atoms with Crippen molar-refractivity contribution in [3.8, 4) is 0 Å². The molecule has 0 fully saturated rings. The summed E-state index contributed by atoms with van der Waals surface area (Å²) in [6, 6.07) is 19.6. The smallest absolute Gasteiger partial charge is 0.253 e. The first-order valence-electron chi connectivity index (χ1n) is 8.26. The van der Waals surface area contributed by atoms with Crippen LogP contribution in [0, 0.1) is 0 Å². The van der Waals surface area contributed by atoms with Gasteiger partial charge in [-0.1, -0.05) is 43.3 Å². The first-order chi connectivity index (χ1) is 11.7. The summed E-state index contributed by atoms with van der Waals surface area (Å²) in [5.41, 5.74) is 2.45. The maximum absolute atomic E-state index is 12.4. The summed E-state index contributed by atoms with van der Waals surface area (Å²) in [7, 11) is 0. The summed E-state index contributed by atoms with van der Waals surface area (Å²) in [4.78, 5) is 17.4. The van der Waals surface area contributed by atoms with Gasteiger partial charge in [-0.2, -0.15) is 0 Å². The summed E-state index contributed by atoms with van der Waals surface area (Å²) >= 11 is 0. The van der Waals surface area contributed by atoms with Crippen molar-refractivity contribution < 1.29 is 5.11 Å². The van der Waals surface area contributed by atoms with Gasteiger partial charge in [-0.3, -0.25) is 4.79 Å². The number of H-pyrrole nitrogens is 1. The van der Waals surface area contributed by atoms with E-state index in [2.05, 4.69) is 4.98 Å². The Morgan fingerprint density at radius 3 is 2.54 bits per heavy atom. The highest BCUT2D eigenvalue weighted by Crippen LogP contribution is 2.18. The van der Waals surface area contributed by atoms with Crippen LogP contribution in [0.1, 0.15) is 18.9 Å². The second-order valence-corrected chi connectivity index (χ2v) is 5.99. The average Bonchev–Trinajstić information content (AvgIpc) is 2.62. The predicted octanol–water partition coefficient (Wildman–Crippen LogP) is 3.31. The number of hydrogen-bond donors (Lipinski definition) is 2. The zero-order chi connectivity index (χ0) is 16.9. The molecule has 1 unspecified atom stereocenters. The Morgan fingerprint density at radius 1 is 1.08 bits per heavy atom. The second kappa shape index (κ2) is 7.32. The Hall–Kier alpha value is -2.59. The lowest BCUT2D eigenvalue weighted by Crippen LogP contribution is -2.33. The number of anilines is 1. The molecule has 1 heterocycles. The van der Waals surface area contributed by atoms with Crippen LogP contribution in [-0.4, -0.2) is 22.7 Å². The molecule has 0 saturated heterocycles. The molecule has 2 N–H and O–H groups in total. The van der Waals surface area contributed by atoms with Crippen LogP contribution in [0.4, 0.5) is 5.69 Å². The molecule has 0 saturated carbocycles. The van der Waals surface area contributed by atoms with E-state index >= 15 is 0 Å². The third kappa shape index (κ3) is 3.66. The van der Waals surface area contributed by atoms with E-state index in [1.54, 1.807) is 0 Å². The Labute approximate surface area is 141 Å². The molecule has 0 aliphatic heterocycles. The van der Waals surface area contributed by atoms with Crippen LogP contribution in [0.5, 0.6) is 0 Å². The molecule has 4 nitrogen and oxygen atoms in total. The summed E-state index contributed by atoms with van der Waals surface area (Å²) < 4.78 is 0. The minimum absolute atomic E-state index is 0.0828. The molecule has 0 spiro atoms. The van der Waals surface area contributed by atoms with Crippen LogP contribution in [0.25, 0.3) is 10.9 Å². The number of aliphatic hydroxyl groups excluding tert-OH is 1. The Bertz CT molecular complexity index is 858. The fourth-order valence-electron chi connectivity index (χ4n) is 2.80. The van der Waals surface area contributed by atoms with Crippen molar-refractivity contribution in [2.45, 2.75) is 26.0 Å². The van der Waals surface area contributed by atoms with Crippen LogP contribution in [-0.2, 0) is 6.54 Å². The van der Waals surface area contributed by atoms with Gasteiger partial charge in [0.05, 0.1) is 6.10 Å². The van der Waals surface area contributed by atoms with Gasteiger partial charge in [0.25, 0.3) is 5.56 Å². The summed E-state index contributed by atoms with van der Waals surface area (Å²) in [5.74, 6) is 0. The van der Waals surface area contributed by atoms with Crippen molar-refractivity contribution >= 4 is 16.6 Å². The zero-order valence-electron chi connectivity index (χ0n) is 13.8. The largest absolute Gasteiger partial charge is 0.391 e. The minimum atomic E-state index is -0.426. The van der Waals surface area contributed by atoms with Crippen molar-refractivity contribution in [3.63, 3.8) is 0 Å². The van der Waals surface area contributed by atoms with Crippen LogP contribution in [0.2, 0.25) is 0 Å². The van der Waals surface area contributed by atoms with E-state index in [4.69, 9.17) is 0 Å². The summed E-state index contributed by atoms with van der Waals surface area (Å²) in [6.45, 7) is 2.91. The van der Waals surface area contributed by atoms with Gasteiger partial charge in [-0.15, -0.1) is 0 Å². The third-order valence-corrected chi connectivity index (χ3v) is 4.22. The van der Waals surface area contributed by atoms with Crippen molar-refractivity contribution in [1.29, 1.82) is 0 Å². The first kappa shape index (κ1) is 16.3.